The number of nitrogens with zero attached hydrogens (tertiary/aromatic N) is 3. The van der Waals surface area contributed by atoms with E-state index in [1.807, 2.05) is 4.90 Å². The van der Waals surface area contributed by atoms with Gasteiger partial charge in [0.05, 0.1) is 39.8 Å². The van der Waals surface area contributed by atoms with Crippen LogP contribution in [0, 0.1) is 17.0 Å². The van der Waals surface area contributed by atoms with Crippen molar-refractivity contribution >= 4 is 33.0 Å². The SMILES string of the molecule is Cc1c(NC(=O)c2cc(S(=O)(=O)N3CCCCC3)ccc2N2CCOCC2)cccc1[N+](=O)[O-]. The van der Waals surface area contributed by atoms with Crippen molar-refractivity contribution in [3.63, 3.8) is 0 Å². The summed E-state index contributed by atoms with van der Waals surface area (Å²) in [6.07, 6.45) is 2.62. The lowest BCUT2D eigenvalue weighted by molar-refractivity contribution is -0.385. The summed E-state index contributed by atoms with van der Waals surface area (Å²) in [6, 6.07) is 9.08. The number of nitro groups is 1. The van der Waals surface area contributed by atoms with Crippen LogP contribution in [0.5, 0.6) is 0 Å². The molecule has 2 aromatic carbocycles. The highest BCUT2D eigenvalue weighted by Crippen LogP contribution is 2.30. The number of amides is 1. The molecule has 0 radical (unpaired) electrons. The number of rotatable bonds is 6. The Hall–Kier alpha value is -3.02. The molecular formula is C23H28N4O6S. The third-order valence-electron chi connectivity index (χ3n) is 6.27. The molecule has 0 bridgehead atoms. The summed E-state index contributed by atoms with van der Waals surface area (Å²) in [4.78, 5) is 26.3. The minimum absolute atomic E-state index is 0.0623. The summed E-state index contributed by atoms with van der Waals surface area (Å²) >= 11 is 0. The molecule has 11 heteroatoms. The number of nitro benzene ring substituents is 1. The monoisotopic (exact) mass is 488 g/mol. The fourth-order valence-corrected chi connectivity index (χ4v) is 5.88. The average molecular weight is 489 g/mol. The van der Waals surface area contributed by atoms with Gasteiger partial charge in [-0.15, -0.1) is 0 Å². The van der Waals surface area contributed by atoms with Crippen molar-refractivity contribution in [2.24, 2.45) is 0 Å². The Kier molecular flexibility index (Phi) is 7.15. The molecule has 0 spiro atoms. The minimum Gasteiger partial charge on any atom is -0.378 e. The maximum Gasteiger partial charge on any atom is 0.274 e. The largest absolute Gasteiger partial charge is 0.378 e. The van der Waals surface area contributed by atoms with Crippen LogP contribution in [0.3, 0.4) is 0 Å². The van der Waals surface area contributed by atoms with E-state index in [1.165, 1.54) is 22.5 Å². The van der Waals surface area contributed by atoms with Crippen LogP contribution in [0.1, 0.15) is 35.2 Å². The van der Waals surface area contributed by atoms with E-state index >= 15 is 0 Å². The van der Waals surface area contributed by atoms with Crippen molar-refractivity contribution in [1.82, 2.24) is 4.31 Å². The van der Waals surface area contributed by atoms with Gasteiger partial charge in [-0.05, 0) is 44.0 Å². The van der Waals surface area contributed by atoms with Crippen LogP contribution in [0.2, 0.25) is 0 Å². The molecule has 10 nitrogen and oxygen atoms in total. The Morgan fingerprint density at radius 3 is 2.44 bits per heavy atom. The Bertz CT molecular complexity index is 1190. The number of anilines is 2. The normalized spacial score (nSPS) is 17.4. The number of hydrogen-bond donors (Lipinski definition) is 1. The Morgan fingerprint density at radius 2 is 1.76 bits per heavy atom. The smallest absolute Gasteiger partial charge is 0.274 e. The topological polar surface area (TPSA) is 122 Å². The fourth-order valence-electron chi connectivity index (χ4n) is 4.34. The van der Waals surface area contributed by atoms with Gasteiger partial charge in [0.15, 0.2) is 0 Å². The molecule has 182 valence electrons. The van der Waals surface area contributed by atoms with Gasteiger partial charge in [0.2, 0.25) is 10.0 Å². The number of sulfonamides is 1. The van der Waals surface area contributed by atoms with Gasteiger partial charge in [0, 0.05) is 37.9 Å². The van der Waals surface area contributed by atoms with E-state index in [2.05, 4.69) is 5.32 Å². The van der Waals surface area contributed by atoms with Crippen LogP contribution < -0.4 is 10.2 Å². The average Bonchev–Trinajstić information content (AvgIpc) is 2.85. The standard InChI is InChI=1S/C23H28N4O6S/c1-17-20(6-5-7-21(17)27(29)30)24-23(28)19-16-18(34(31,32)26-10-3-2-4-11-26)8-9-22(19)25-12-14-33-15-13-25/h5-9,16H,2-4,10-15H2,1H3,(H,24,28). The summed E-state index contributed by atoms with van der Waals surface area (Å²) in [6.45, 7) is 4.61. The van der Waals surface area contributed by atoms with Crippen LogP contribution in [0.25, 0.3) is 0 Å². The van der Waals surface area contributed by atoms with Crippen molar-refractivity contribution in [3.8, 4) is 0 Å². The molecule has 2 fully saturated rings. The number of ether oxygens (including phenoxy) is 1. The molecule has 0 unspecified atom stereocenters. The van der Waals surface area contributed by atoms with Crippen molar-refractivity contribution < 1.29 is 22.9 Å². The van der Waals surface area contributed by atoms with E-state index in [1.54, 1.807) is 25.1 Å². The maximum absolute atomic E-state index is 13.4. The second-order valence-electron chi connectivity index (χ2n) is 8.40. The molecule has 2 saturated heterocycles. The molecule has 2 aliphatic heterocycles. The number of nitrogens with one attached hydrogen (secondary N) is 1. The molecule has 34 heavy (non-hydrogen) atoms. The zero-order valence-electron chi connectivity index (χ0n) is 19.0. The third-order valence-corrected chi connectivity index (χ3v) is 8.16. The first-order chi connectivity index (χ1) is 16.3. The van der Waals surface area contributed by atoms with Crippen LogP contribution in [-0.2, 0) is 14.8 Å². The van der Waals surface area contributed by atoms with E-state index in [0.29, 0.717) is 56.3 Å². The van der Waals surface area contributed by atoms with Gasteiger partial charge in [0.1, 0.15) is 0 Å². The van der Waals surface area contributed by atoms with Gasteiger partial charge < -0.3 is 15.0 Å². The summed E-state index contributed by atoms with van der Waals surface area (Å²) in [5.41, 5.74) is 1.32. The Balaban J connectivity index is 1.72. The summed E-state index contributed by atoms with van der Waals surface area (Å²) < 4.78 is 33.4. The molecule has 2 heterocycles. The summed E-state index contributed by atoms with van der Waals surface area (Å²) in [7, 11) is -3.74. The van der Waals surface area contributed by atoms with E-state index in [0.717, 1.165) is 19.3 Å². The van der Waals surface area contributed by atoms with Crippen LogP contribution in [-0.4, -0.2) is 62.9 Å². The number of hydrogen-bond acceptors (Lipinski definition) is 7. The second kappa shape index (κ2) is 10.1. The molecule has 0 saturated carbocycles. The van der Waals surface area contributed by atoms with Crippen molar-refractivity contribution in [2.45, 2.75) is 31.1 Å². The highest BCUT2D eigenvalue weighted by molar-refractivity contribution is 7.89. The second-order valence-corrected chi connectivity index (χ2v) is 10.3. The lowest BCUT2D eigenvalue weighted by atomic mass is 10.1. The van der Waals surface area contributed by atoms with Gasteiger partial charge >= 0.3 is 0 Å². The van der Waals surface area contributed by atoms with Crippen molar-refractivity contribution in [1.29, 1.82) is 0 Å². The zero-order valence-corrected chi connectivity index (χ0v) is 19.8. The molecule has 0 aromatic heterocycles. The number of piperidine rings is 1. The van der Waals surface area contributed by atoms with Crippen LogP contribution in [0.15, 0.2) is 41.3 Å². The molecule has 4 rings (SSSR count). The lowest BCUT2D eigenvalue weighted by Gasteiger charge is -2.31. The highest BCUT2D eigenvalue weighted by atomic mass is 32.2. The molecule has 0 atom stereocenters. The maximum atomic E-state index is 13.4. The molecular weight excluding hydrogens is 460 g/mol. The Labute approximate surface area is 198 Å². The lowest BCUT2D eigenvalue weighted by Crippen LogP contribution is -2.38. The van der Waals surface area contributed by atoms with Crippen LogP contribution in [0.4, 0.5) is 17.1 Å². The number of carbonyl (C=O) groups excluding carboxylic acids is 1. The number of morpholine rings is 1. The number of benzene rings is 2. The number of carbonyl (C=O) groups is 1. The summed E-state index contributed by atoms with van der Waals surface area (Å²) in [5, 5.41) is 14.0. The highest BCUT2D eigenvalue weighted by Gasteiger charge is 2.29. The van der Waals surface area contributed by atoms with Crippen LogP contribution >= 0.6 is 0 Å². The zero-order chi connectivity index (χ0) is 24.3. The molecule has 2 aliphatic rings. The van der Waals surface area contributed by atoms with Gasteiger partial charge in [-0.3, -0.25) is 14.9 Å². The first kappa shape index (κ1) is 24.1. The molecule has 0 aliphatic carbocycles. The third kappa shape index (κ3) is 4.91. The van der Waals surface area contributed by atoms with Crippen molar-refractivity contribution in [2.75, 3.05) is 49.6 Å². The van der Waals surface area contributed by atoms with Crippen molar-refractivity contribution in [3.05, 3.63) is 57.6 Å². The predicted octanol–water partition coefficient (Wildman–Crippen LogP) is 3.17. The van der Waals surface area contributed by atoms with Gasteiger partial charge in [0.25, 0.3) is 11.6 Å². The molecule has 1 amide bonds. The molecule has 1 N–H and O–H groups in total. The van der Waals surface area contributed by atoms with E-state index < -0.39 is 20.9 Å². The van der Waals surface area contributed by atoms with Gasteiger partial charge in [-0.2, -0.15) is 4.31 Å². The molecule has 2 aromatic rings. The van der Waals surface area contributed by atoms with E-state index in [-0.39, 0.29) is 16.1 Å². The van der Waals surface area contributed by atoms with E-state index in [9.17, 15) is 23.3 Å². The predicted molar refractivity (Wildman–Crippen MR) is 128 cm³/mol. The van der Waals surface area contributed by atoms with Gasteiger partial charge in [-0.1, -0.05) is 12.5 Å². The summed E-state index contributed by atoms with van der Waals surface area (Å²) in [5.74, 6) is -0.527. The first-order valence-electron chi connectivity index (χ1n) is 11.3. The first-order valence-corrected chi connectivity index (χ1v) is 12.8. The Morgan fingerprint density at radius 1 is 1.06 bits per heavy atom. The van der Waals surface area contributed by atoms with Gasteiger partial charge in [-0.25, -0.2) is 8.42 Å². The minimum atomic E-state index is -3.74. The van der Waals surface area contributed by atoms with E-state index in [4.69, 9.17) is 4.74 Å². The quantitative estimate of drug-likeness (QED) is 0.489. The fraction of sp³-hybridized carbons (Fsp3) is 0.435.